The SMILES string of the molecule is CN1C(=O)c2ccc(C(=O)Nc3cccc(CN)c3)cc2C1=O. The highest BCUT2D eigenvalue weighted by Crippen LogP contribution is 2.23. The van der Waals surface area contributed by atoms with Crippen LogP contribution in [0.3, 0.4) is 0 Å². The van der Waals surface area contributed by atoms with Crippen LogP contribution in [0.4, 0.5) is 5.69 Å². The van der Waals surface area contributed by atoms with Crippen molar-refractivity contribution in [2.24, 2.45) is 5.73 Å². The van der Waals surface area contributed by atoms with Gasteiger partial charge >= 0.3 is 0 Å². The Balaban J connectivity index is 1.87. The van der Waals surface area contributed by atoms with E-state index in [0.29, 0.717) is 23.4 Å². The fraction of sp³-hybridized carbons (Fsp3) is 0.118. The van der Waals surface area contributed by atoms with Crippen LogP contribution in [0.2, 0.25) is 0 Å². The summed E-state index contributed by atoms with van der Waals surface area (Å²) in [5.74, 6) is -1.10. The Morgan fingerprint density at radius 1 is 1.09 bits per heavy atom. The van der Waals surface area contributed by atoms with Crippen molar-refractivity contribution < 1.29 is 14.4 Å². The zero-order chi connectivity index (χ0) is 16.6. The summed E-state index contributed by atoms with van der Waals surface area (Å²) in [6.07, 6.45) is 0. The van der Waals surface area contributed by atoms with Gasteiger partial charge in [-0.25, -0.2) is 0 Å². The Kier molecular flexibility index (Phi) is 3.67. The molecule has 0 saturated carbocycles. The molecule has 6 nitrogen and oxygen atoms in total. The first-order valence-corrected chi connectivity index (χ1v) is 7.08. The van der Waals surface area contributed by atoms with E-state index in [9.17, 15) is 14.4 Å². The Morgan fingerprint density at radius 2 is 1.83 bits per heavy atom. The molecule has 1 aliphatic heterocycles. The summed E-state index contributed by atoms with van der Waals surface area (Å²) in [7, 11) is 1.42. The summed E-state index contributed by atoms with van der Waals surface area (Å²) in [5, 5.41) is 2.76. The molecule has 0 aliphatic carbocycles. The number of hydrogen-bond acceptors (Lipinski definition) is 4. The monoisotopic (exact) mass is 309 g/mol. The fourth-order valence-electron chi connectivity index (χ4n) is 2.48. The van der Waals surface area contributed by atoms with Crippen molar-refractivity contribution in [3.8, 4) is 0 Å². The molecule has 0 spiro atoms. The maximum Gasteiger partial charge on any atom is 0.261 e. The van der Waals surface area contributed by atoms with Crippen LogP contribution in [-0.2, 0) is 6.54 Å². The molecule has 0 bridgehead atoms. The van der Waals surface area contributed by atoms with Crippen LogP contribution in [0.5, 0.6) is 0 Å². The summed E-state index contributed by atoms with van der Waals surface area (Å²) in [6, 6.07) is 11.7. The Hall–Kier alpha value is -2.99. The zero-order valence-electron chi connectivity index (χ0n) is 12.5. The maximum absolute atomic E-state index is 12.3. The fourth-order valence-corrected chi connectivity index (χ4v) is 2.48. The minimum absolute atomic E-state index is 0.251. The topological polar surface area (TPSA) is 92.5 Å². The van der Waals surface area contributed by atoms with Crippen LogP contribution in [0.25, 0.3) is 0 Å². The first kappa shape index (κ1) is 14.9. The molecule has 0 aromatic heterocycles. The van der Waals surface area contributed by atoms with Crippen LogP contribution >= 0.6 is 0 Å². The third kappa shape index (κ3) is 2.60. The number of nitrogens with zero attached hydrogens (tertiary/aromatic N) is 1. The molecule has 1 aliphatic rings. The molecular formula is C17H15N3O3. The van der Waals surface area contributed by atoms with Gasteiger partial charge in [0.15, 0.2) is 0 Å². The van der Waals surface area contributed by atoms with Crippen LogP contribution in [0.15, 0.2) is 42.5 Å². The van der Waals surface area contributed by atoms with Gasteiger partial charge in [0, 0.05) is 24.8 Å². The third-order valence-corrected chi connectivity index (χ3v) is 3.77. The van der Waals surface area contributed by atoms with E-state index in [1.807, 2.05) is 6.07 Å². The van der Waals surface area contributed by atoms with E-state index in [1.165, 1.54) is 25.2 Å². The van der Waals surface area contributed by atoms with Crippen molar-refractivity contribution in [2.45, 2.75) is 6.54 Å². The molecule has 2 aromatic rings. The summed E-state index contributed by atoms with van der Waals surface area (Å²) in [4.78, 5) is 37.2. The Labute approximate surface area is 132 Å². The van der Waals surface area contributed by atoms with Crippen molar-refractivity contribution in [1.29, 1.82) is 0 Å². The molecule has 0 fully saturated rings. The Morgan fingerprint density at radius 3 is 2.57 bits per heavy atom. The van der Waals surface area contributed by atoms with Gasteiger partial charge in [0.05, 0.1) is 11.1 Å². The molecule has 3 N–H and O–H groups in total. The lowest BCUT2D eigenvalue weighted by Gasteiger charge is -2.07. The summed E-state index contributed by atoms with van der Waals surface area (Å²) < 4.78 is 0. The molecule has 0 radical (unpaired) electrons. The van der Waals surface area contributed by atoms with Gasteiger partial charge in [-0.2, -0.15) is 0 Å². The molecule has 3 amide bonds. The number of carbonyl (C=O) groups excluding carboxylic acids is 3. The van der Waals surface area contributed by atoms with E-state index in [1.54, 1.807) is 18.2 Å². The van der Waals surface area contributed by atoms with Crippen LogP contribution < -0.4 is 11.1 Å². The highest BCUT2D eigenvalue weighted by atomic mass is 16.2. The quantitative estimate of drug-likeness (QED) is 0.843. The van der Waals surface area contributed by atoms with Gasteiger partial charge in [0.25, 0.3) is 17.7 Å². The highest BCUT2D eigenvalue weighted by molar-refractivity contribution is 6.22. The Bertz CT molecular complexity index is 830. The lowest BCUT2D eigenvalue weighted by Crippen LogP contribution is -2.24. The molecule has 116 valence electrons. The van der Waals surface area contributed by atoms with Gasteiger partial charge in [-0.05, 0) is 35.9 Å². The number of hydrogen-bond donors (Lipinski definition) is 2. The predicted molar refractivity (Wildman–Crippen MR) is 85.2 cm³/mol. The van der Waals surface area contributed by atoms with Crippen molar-refractivity contribution >= 4 is 23.4 Å². The van der Waals surface area contributed by atoms with E-state index in [0.717, 1.165) is 10.5 Å². The number of anilines is 1. The highest BCUT2D eigenvalue weighted by Gasteiger charge is 2.33. The largest absolute Gasteiger partial charge is 0.326 e. The summed E-state index contributed by atoms with van der Waals surface area (Å²) >= 11 is 0. The van der Waals surface area contributed by atoms with Gasteiger partial charge in [-0.1, -0.05) is 12.1 Å². The third-order valence-electron chi connectivity index (χ3n) is 3.77. The minimum atomic E-state index is -0.398. The zero-order valence-corrected chi connectivity index (χ0v) is 12.5. The molecular weight excluding hydrogens is 294 g/mol. The second-order valence-electron chi connectivity index (χ2n) is 5.29. The molecule has 3 rings (SSSR count). The van der Waals surface area contributed by atoms with E-state index < -0.39 is 5.91 Å². The second-order valence-corrected chi connectivity index (χ2v) is 5.29. The summed E-state index contributed by atoms with van der Waals surface area (Å²) in [5.41, 5.74) is 7.99. The first-order valence-electron chi connectivity index (χ1n) is 7.08. The number of fused-ring (bicyclic) bond motifs is 1. The van der Waals surface area contributed by atoms with Gasteiger partial charge in [0.1, 0.15) is 0 Å². The molecule has 0 unspecified atom stereocenters. The van der Waals surface area contributed by atoms with Crippen LogP contribution in [0, 0.1) is 0 Å². The maximum atomic E-state index is 12.3. The molecule has 0 saturated heterocycles. The average Bonchev–Trinajstić information content (AvgIpc) is 2.79. The van der Waals surface area contributed by atoms with E-state index in [4.69, 9.17) is 5.73 Å². The normalized spacial score (nSPS) is 13.2. The number of benzene rings is 2. The van der Waals surface area contributed by atoms with Crippen molar-refractivity contribution in [3.63, 3.8) is 0 Å². The number of rotatable bonds is 3. The number of nitrogens with two attached hydrogens (primary N) is 1. The first-order chi connectivity index (χ1) is 11.0. The van der Waals surface area contributed by atoms with Crippen molar-refractivity contribution in [3.05, 3.63) is 64.7 Å². The van der Waals surface area contributed by atoms with Gasteiger partial charge in [-0.15, -0.1) is 0 Å². The molecule has 1 heterocycles. The summed E-state index contributed by atoms with van der Waals surface area (Å²) in [6.45, 7) is 0.380. The van der Waals surface area contributed by atoms with Gasteiger partial charge < -0.3 is 11.1 Å². The van der Waals surface area contributed by atoms with Gasteiger partial charge in [0.2, 0.25) is 0 Å². The molecule has 2 aromatic carbocycles. The smallest absolute Gasteiger partial charge is 0.261 e. The minimum Gasteiger partial charge on any atom is -0.326 e. The van der Waals surface area contributed by atoms with Crippen molar-refractivity contribution in [2.75, 3.05) is 12.4 Å². The number of nitrogens with one attached hydrogen (secondary N) is 1. The van der Waals surface area contributed by atoms with E-state index in [2.05, 4.69) is 5.32 Å². The van der Waals surface area contributed by atoms with Crippen LogP contribution in [0.1, 0.15) is 36.6 Å². The average molecular weight is 309 g/mol. The van der Waals surface area contributed by atoms with Crippen LogP contribution in [-0.4, -0.2) is 29.7 Å². The number of imide groups is 1. The van der Waals surface area contributed by atoms with E-state index in [-0.39, 0.29) is 17.4 Å². The van der Waals surface area contributed by atoms with Crippen molar-refractivity contribution in [1.82, 2.24) is 4.90 Å². The number of carbonyl (C=O) groups is 3. The standard InChI is InChI=1S/C17H15N3O3/c1-20-16(22)13-6-5-11(8-14(13)17(20)23)15(21)19-12-4-2-3-10(7-12)9-18/h2-8H,9,18H2,1H3,(H,19,21). The molecule has 6 heteroatoms. The lowest BCUT2D eigenvalue weighted by atomic mass is 10.1. The molecule has 0 atom stereocenters. The lowest BCUT2D eigenvalue weighted by molar-refractivity contribution is 0.0693. The van der Waals surface area contributed by atoms with Gasteiger partial charge in [-0.3, -0.25) is 19.3 Å². The predicted octanol–water partition coefficient (Wildman–Crippen LogP) is 1.62. The molecule has 23 heavy (non-hydrogen) atoms. The van der Waals surface area contributed by atoms with E-state index >= 15 is 0 Å². The number of amides is 3. The second kappa shape index (κ2) is 5.66.